The lowest BCUT2D eigenvalue weighted by atomic mass is 9.91. The SMILES string of the molecule is COC(C)CN(CCCl)C1CCC1. The molecule has 0 spiro atoms. The highest BCUT2D eigenvalue weighted by molar-refractivity contribution is 6.18. The molecule has 2 nitrogen and oxygen atoms in total. The second-order valence-electron chi connectivity index (χ2n) is 3.81. The Hall–Kier alpha value is 0.210. The lowest BCUT2D eigenvalue weighted by molar-refractivity contribution is 0.0436. The molecule has 0 aromatic heterocycles. The highest BCUT2D eigenvalue weighted by Crippen LogP contribution is 2.24. The van der Waals surface area contributed by atoms with Gasteiger partial charge in [-0.25, -0.2) is 0 Å². The van der Waals surface area contributed by atoms with Gasteiger partial charge in [0.15, 0.2) is 0 Å². The molecule has 1 unspecified atom stereocenters. The standard InChI is InChI=1S/C10H20ClNO/c1-9(13-2)8-12(7-6-11)10-4-3-5-10/h9-10H,3-8H2,1-2H3. The first kappa shape index (κ1) is 11.3. The summed E-state index contributed by atoms with van der Waals surface area (Å²) in [6, 6.07) is 0.774. The van der Waals surface area contributed by atoms with E-state index in [1.54, 1.807) is 7.11 Å². The molecule has 0 heterocycles. The maximum Gasteiger partial charge on any atom is 0.0670 e. The Morgan fingerprint density at radius 1 is 1.54 bits per heavy atom. The lowest BCUT2D eigenvalue weighted by Crippen LogP contribution is -2.44. The molecule has 1 aliphatic rings. The molecule has 0 N–H and O–H groups in total. The van der Waals surface area contributed by atoms with E-state index in [-0.39, 0.29) is 0 Å². The van der Waals surface area contributed by atoms with Crippen LogP contribution in [0.3, 0.4) is 0 Å². The maximum atomic E-state index is 5.77. The van der Waals surface area contributed by atoms with Crippen LogP contribution in [0.5, 0.6) is 0 Å². The van der Waals surface area contributed by atoms with Crippen molar-refractivity contribution in [3.05, 3.63) is 0 Å². The quantitative estimate of drug-likeness (QED) is 0.616. The number of nitrogens with zero attached hydrogens (tertiary/aromatic N) is 1. The zero-order valence-electron chi connectivity index (χ0n) is 8.63. The summed E-state index contributed by atoms with van der Waals surface area (Å²) in [6.07, 6.45) is 4.38. The number of rotatable bonds is 6. The molecule has 1 atom stereocenters. The molecular weight excluding hydrogens is 186 g/mol. The van der Waals surface area contributed by atoms with Gasteiger partial charge in [-0.3, -0.25) is 4.90 Å². The average Bonchev–Trinajstić information content (AvgIpc) is 2.01. The predicted molar refractivity (Wildman–Crippen MR) is 56.4 cm³/mol. The first-order valence-corrected chi connectivity index (χ1v) is 5.64. The topological polar surface area (TPSA) is 12.5 Å². The van der Waals surface area contributed by atoms with Crippen LogP contribution in [0.4, 0.5) is 0 Å². The van der Waals surface area contributed by atoms with Gasteiger partial charge in [0.2, 0.25) is 0 Å². The minimum absolute atomic E-state index is 0.323. The summed E-state index contributed by atoms with van der Waals surface area (Å²) < 4.78 is 5.26. The summed E-state index contributed by atoms with van der Waals surface area (Å²) in [5.41, 5.74) is 0. The van der Waals surface area contributed by atoms with E-state index in [2.05, 4.69) is 11.8 Å². The van der Waals surface area contributed by atoms with Crippen LogP contribution < -0.4 is 0 Å². The number of hydrogen-bond donors (Lipinski definition) is 0. The fraction of sp³-hybridized carbons (Fsp3) is 1.00. The van der Waals surface area contributed by atoms with Gasteiger partial charge in [0, 0.05) is 32.1 Å². The summed E-state index contributed by atoms with van der Waals surface area (Å²) in [4.78, 5) is 2.46. The minimum atomic E-state index is 0.323. The third kappa shape index (κ3) is 3.45. The van der Waals surface area contributed by atoms with E-state index in [4.69, 9.17) is 16.3 Å². The summed E-state index contributed by atoms with van der Waals surface area (Å²) in [6.45, 7) is 4.13. The first-order chi connectivity index (χ1) is 6.27. The molecule has 1 saturated carbocycles. The van der Waals surface area contributed by atoms with Crippen LogP contribution in [0.1, 0.15) is 26.2 Å². The minimum Gasteiger partial charge on any atom is -0.380 e. The Bertz CT molecular complexity index is 139. The monoisotopic (exact) mass is 205 g/mol. The van der Waals surface area contributed by atoms with Crippen molar-refractivity contribution in [2.75, 3.05) is 26.1 Å². The Morgan fingerprint density at radius 3 is 2.62 bits per heavy atom. The molecule has 0 amide bonds. The van der Waals surface area contributed by atoms with Gasteiger partial charge in [0.05, 0.1) is 6.10 Å². The van der Waals surface area contributed by atoms with Crippen molar-refractivity contribution >= 4 is 11.6 Å². The fourth-order valence-corrected chi connectivity index (χ4v) is 1.91. The third-order valence-electron chi connectivity index (χ3n) is 2.86. The van der Waals surface area contributed by atoms with Crippen molar-refractivity contribution in [1.82, 2.24) is 4.90 Å². The van der Waals surface area contributed by atoms with E-state index in [0.29, 0.717) is 6.10 Å². The van der Waals surface area contributed by atoms with Crippen molar-refractivity contribution in [3.8, 4) is 0 Å². The first-order valence-electron chi connectivity index (χ1n) is 5.10. The summed E-state index contributed by atoms with van der Waals surface area (Å²) in [7, 11) is 1.77. The van der Waals surface area contributed by atoms with Crippen molar-refractivity contribution in [2.24, 2.45) is 0 Å². The normalized spacial score (nSPS) is 20.3. The molecule has 0 aromatic rings. The smallest absolute Gasteiger partial charge is 0.0670 e. The Morgan fingerprint density at radius 2 is 2.23 bits per heavy atom. The van der Waals surface area contributed by atoms with Crippen molar-refractivity contribution in [2.45, 2.75) is 38.3 Å². The van der Waals surface area contributed by atoms with E-state index < -0.39 is 0 Å². The van der Waals surface area contributed by atoms with Gasteiger partial charge in [-0.15, -0.1) is 11.6 Å². The van der Waals surface area contributed by atoms with Crippen LogP contribution in [0.2, 0.25) is 0 Å². The third-order valence-corrected chi connectivity index (χ3v) is 3.03. The number of ether oxygens (including phenoxy) is 1. The van der Waals surface area contributed by atoms with Gasteiger partial charge in [0.25, 0.3) is 0 Å². The van der Waals surface area contributed by atoms with Crippen molar-refractivity contribution in [1.29, 1.82) is 0 Å². The van der Waals surface area contributed by atoms with Gasteiger partial charge in [0.1, 0.15) is 0 Å². The number of halogens is 1. The van der Waals surface area contributed by atoms with E-state index in [1.165, 1.54) is 19.3 Å². The Kier molecular flexibility index (Phi) is 5.07. The van der Waals surface area contributed by atoms with E-state index in [0.717, 1.165) is 25.0 Å². The van der Waals surface area contributed by atoms with Crippen molar-refractivity contribution < 1.29 is 4.74 Å². The van der Waals surface area contributed by atoms with Crippen LogP contribution in [0.15, 0.2) is 0 Å². The molecule has 0 bridgehead atoms. The maximum absolute atomic E-state index is 5.77. The lowest BCUT2D eigenvalue weighted by Gasteiger charge is -2.38. The van der Waals surface area contributed by atoms with E-state index in [1.807, 2.05) is 0 Å². The van der Waals surface area contributed by atoms with Gasteiger partial charge >= 0.3 is 0 Å². The molecule has 1 fully saturated rings. The second-order valence-corrected chi connectivity index (χ2v) is 4.19. The van der Waals surface area contributed by atoms with Gasteiger partial charge in [-0.05, 0) is 19.8 Å². The summed E-state index contributed by atoms with van der Waals surface area (Å²) in [5.74, 6) is 0.729. The molecule has 0 radical (unpaired) electrons. The van der Waals surface area contributed by atoms with Gasteiger partial charge in [-0.1, -0.05) is 6.42 Å². The number of alkyl halides is 1. The molecule has 1 aliphatic carbocycles. The average molecular weight is 206 g/mol. The highest BCUT2D eigenvalue weighted by Gasteiger charge is 2.25. The van der Waals surface area contributed by atoms with Gasteiger partial charge in [-0.2, -0.15) is 0 Å². The molecule has 0 aromatic carbocycles. The van der Waals surface area contributed by atoms with Crippen molar-refractivity contribution in [3.63, 3.8) is 0 Å². The summed E-state index contributed by atoms with van der Waals surface area (Å²) >= 11 is 5.77. The molecule has 78 valence electrons. The number of hydrogen-bond acceptors (Lipinski definition) is 2. The molecule has 1 rings (SSSR count). The fourth-order valence-electron chi connectivity index (χ4n) is 1.69. The van der Waals surface area contributed by atoms with Gasteiger partial charge < -0.3 is 4.74 Å². The van der Waals surface area contributed by atoms with E-state index in [9.17, 15) is 0 Å². The zero-order valence-corrected chi connectivity index (χ0v) is 9.39. The highest BCUT2D eigenvalue weighted by atomic mass is 35.5. The van der Waals surface area contributed by atoms with Crippen LogP contribution in [0.25, 0.3) is 0 Å². The molecule has 13 heavy (non-hydrogen) atoms. The molecular formula is C10H20ClNO. The largest absolute Gasteiger partial charge is 0.380 e. The zero-order chi connectivity index (χ0) is 9.68. The Balaban J connectivity index is 2.28. The van der Waals surface area contributed by atoms with Crippen LogP contribution >= 0.6 is 11.6 Å². The number of methoxy groups -OCH3 is 1. The molecule has 0 aliphatic heterocycles. The van der Waals surface area contributed by atoms with Crippen LogP contribution in [0, 0.1) is 0 Å². The second kappa shape index (κ2) is 5.84. The van der Waals surface area contributed by atoms with Crippen LogP contribution in [-0.2, 0) is 4.74 Å². The predicted octanol–water partition coefficient (Wildman–Crippen LogP) is 2.11. The molecule has 0 saturated heterocycles. The van der Waals surface area contributed by atoms with E-state index >= 15 is 0 Å². The summed E-state index contributed by atoms with van der Waals surface area (Å²) in [5, 5.41) is 0. The Labute approximate surface area is 86.2 Å². The van der Waals surface area contributed by atoms with Crippen LogP contribution in [-0.4, -0.2) is 43.1 Å². The molecule has 3 heteroatoms.